The first-order valence-electron chi connectivity index (χ1n) is 5.22. The standard InChI is InChI=1S/C11H14N2O5/c1-5-11(3,4)17-10(16)12-8-6-13(9(8)15)18-7(2)14/h1,8H,6H2,2-4H3,(H,12,16). The molecule has 1 N–H and O–H groups in total. The molecular weight excluding hydrogens is 240 g/mol. The molecule has 1 aliphatic rings. The van der Waals surface area contributed by atoms with E-state index in [9.17, 15) is 14.4 Å². The molecule has 0 aromatic carbocycles. The predicted molar refractivity (Wildman–Crippen MR) is 59.8 cm³/mol. The van der Waals surface area contributed by atoms with Gasteiger partial charge in [-0.1, -0.05) is 5.92 Å². The van der Waals surface area contributed by atoms with Gasteiger partial charge in [0.2, 0.25) is 0 Å². The molecule has 18 heavy (non-hydrogen) atoms. The number of β-lactam (4-membered cyclic amide) rings is 1. The van der Waals surface area contributed by atoms with Crippen LogP contribution in [-0.4, -0.2) is 41.2 Å². The maximum absolute atomic E-state index is 11.4. The first kappa shape index (κ1) is 13.8. The Morgan fingerprint density at radius 3 is 2.61 bits per heavy atom. The average molecular weight is 254 g/mol. The number of nitrogens with zero attached hydrogens (tertiary/aromatic N) is 1. The Morgan fingerprint density at radius 2 is 2.17 bits per heavy atom. The van der Waals surface area contributed by atoms with E-state index in [0.717, 1.165) is 5.06 Å². The highest BCUT2D eigenvalue weighted by Gasteiger charge is 2.41. The van der Waals surface area contributed by atoms with E-state index in [1.54, 1.807) is 13.8 Å². The van der Waals surface area contributed by atoms with Gasteiger partial charge in [-0.25, -0.2) is 4.79 Å². The van der Waals surface area contributed by atoms with Crippen molar-refractivity contribution in [2.75, 3.05) is 6.54 Å². The Morgan fingerprint density at radius 1 is 1.56 bits per heavy atom. The van der Waals surface area contributed by atoms with Crippen LogP contribution in [0.25, 0.3) is 0 Å². The molecule has 1 heterocycles. The van der Waals surface area contributed by atoms with Crippen molar-refractivity contribution in [2.45, 2.75) is 32.4 Å². The van der Waals surface area contributed by atoms with Crippen LogP contribution >= 0.6 is 0 Å². The minimum atomic E-state index is -1.05. The number of ether oxygens (including phenoxy) is 1. The van der Waals surface area contributed by atoms with Crippen molar-refractivity contribution in [2.24, 2.45) is 0 Å². The van der Waals surface area contributed by atoms with Gasteiger partial charge >= 0.3 is 12.1 Å². The largest absolute Gasteiger partial charge is 0.430 e. The number of amides is 2. The van der Waals surface area contributed by atoms with Crippen LogP contribution in [-0.2, 0) is 19.2 Å². The van der Waals surface area contributed by atoms with Gasteiger partial charge in [0, 0.05) is 6.92 Å². The average Bonchev–Trinajstić information content (AvgIpc) is 2.26. The van der Waals surface area contributed by atoms with E-state index in [4.69, 9.17) is 11.2 Å². The summed E-state index contributed by atoms with van der Waals surface area (Å²) in [6, 6.07) is -0.759. The van der Waals surface area contributed by atoms with Crippen LogP contribution in [0.4, 0.5) is 4.79 Å². The van der Waals surface area contributed by atoms with Crippen LogP contribution in [0.2, 0.25) is 0 Å². The lowest BCUT2D eigenvalue weighted by molar-refractivity contribution is -0.214. The number of hydrogen-bond donors (Lipinski definition) is 1. The van der Waals surface area contributed by atoms with Crippen LogP contribution < -0.4 is 5.32 Å². The first-order chi connectivity index (χ1) is 8.25. The van der Waals surface area contributed by atoms with Gasteiger partial charge < -0.3 is 14.9 Å². The first-order valence-corrected chi connectivity index (χ1v) is 5.22. The summed E-state index contributed by atoms with van der Waals surface area (Å²) < 4.78 is 4.89. The SMILES string of the molecule is C#CC(C)(C)OC(=O)NC1CN(OC(C)=O)C1=O. The molecule has 98 valence electrons. The van der Waals surface area contributed by atoms with E-state index < -0.39 is 29.6 Å². The molecule has 1 aliphatic heterocycles. The van der Waals surface area contributed by atoms with Gasteiger partial charge in [-0.3, -0.25) is 9.59 Å². The molecule has 2 amide bonds. The van der Waals surface area contributed by atoms with Crippen molar-refractivity contribution in [3.63, 3.8) is 0 Å². The molecule has 0 aliphatic carbocycles. The number of alkyl carbamates (subject to hydrolysis) is 1. The Labute approximate surface area is 104 Å². The highest BCUT2D eigenvalue weighted by Crippen LogP contribution is 2.12. The van der Waals surface area contributed by atoms with E-state index in [-0.39, 0.29) is 6.54 Å². The number of carbonyl (C=O) groups is 3. The Kier molecular flexibility index (Phi) is 3.81. The number of hydroxylamine groups is 2. The molecule has 0 saturated carbocycles. The van der Waals surface area contributed by atoms with Gasteiger partial charge in [0.15, 0.2) is 5.60 Å². The monoisotopic (exact) mass is 254 g/mol. The van der Waals surface area contributed by atoms with Gasteiger partial charge in [-0.15, -0.1) is 6.42 Å². The predicted octanol–water partition coefficient (Wildman–Crippen LogP) is -0.187. The van der Waals surface area contributed by atoms with E-state index in [1.807, 2.05) is 0 Å². The highest BCUT2D eigenvalue weighted by molar-refractivity contribution is 5.91. The fourth-order valence-electron chi connectivity index (χ4n) is 1.17. The molecule has 1 unspecified atom stereocenters. The van der Waals surface area contributed by atoms with Gasteiger partial charge in [0.1, 0.15) is 6.04 Å². The molecule has 1 rings (SSSR count). The number of carbonyl (C=O) groups excluding carboxylic acids is 3. The lowest BCUT2D eigenvalue weighted by atomic mass is 10.1. The number of rotatable bonds is 3. The van der Waals surface area contributed by atoms with Crippen molar-refractivity contribution in [3.05, 3.63) is 0 Å². The zero-order chi connectivity index (χ0) is 13.9. The molecule has 0 aromatic rings. The summed E-state index contributed by atoms with van der Waals surface area (Å²) in [6.07, 6.45) is 4.36. The normalized spacial score (nSPS) is 18.4. The lowest BCUT2D eigenvalue weighted by Crippen LogP contribution is -2.64. The third kappa shape index (κ3) is 3.38. The van der Waals surface area contributed by atoms with Crippen molar-refractivity contribution in [1.82, 2.24) is 10.4 Å². The zero-order valence-corrected chi connectivity index (χ0v) is 10.4. The molecule has 0 bridgehead atoms. The smallest absolute Gasteiger partial charge is 0.409 e. The van der Waals surface area contributed by atoms with E-state index in [0.29, 0.717) is 0 Å². The summed E-state index contributed by atoms with van der Waals surface area (Å²) in [6.45, 7) is 4.35. The Hall–Kier alpha value is -2.23. The molecule has 0 radical (unpaired) electrons. The summed E-state index contributed by atoms with van der Waals surface area (Å²) in [5.41, 5.74) is -1.05. The van der Waals surface area contributed by atoms with Crippen molar-refractivity contribution in [1.29, 1.82) is 0 Å². The maximum atomic E-state index is 11.4. The van der Waals surface area contributed by atoms with Crippen molar-refractivity contribution < 1.29 is 24.0 Å². The molecule has 7 heteroatoms. The van der Waals surface area contributed by atoms with E-state index >= 15 is 0 Å². The van der Waals surface area contributed by atoms with Gasteiger partial charge in [0.25, 0.3) is 5.91 Å². The number of hydrogen-bond acceptors (Lipinski definition) is 5. The van der Waals surface area contributed by atoms with Crippen LogP contribution in [0, 0.1) is 12.3 Å². The van der Waals surface area contributed by atoms with Crippen molar-refractivity contribution in [3.8, 4) is 12.3 Å². The van der Waals surface area contributed by atoms with E-state index in [2.05, 4.69) is 16.1 Å². The lowest BCUT2D eigenvalue weighted by Gasteiger charge is -2.35. The molecular formula is C11H14N2O5. The van der Waals surface area contributed by atoms with Gasteiger partial charge in [-0.2, -0.15) is 5.06 Å². The summed E-state index contributed by atoms with van der Waals surface area (Å²) >= 11 is 0. The molecule has 1 fully saturated rings. The van der Waals surface area contributed by atoms with E-state index in [1.165, 1.54) is 6.92 Å². The minimum Gasteiger partial charge on any atom is -0.430 e. The second-order valence-corrected chi connectivity index (χ2v) is 4.22. The summed E-state index contributed by atoms with van der Waals surface area (Å²) in [5.74, 6) is 1.17. The number of nitrogens with one attached hydrogen (secondary N) is 1. The molecule has 0 spiro atoms. The second kappa shape index (κ2) is 4.96. The molecule has 7 nitrogen and oxygen atoms in total. The molecule has 0 aromatic heterocycles. The fraction of sp³-hybridized carbons (Fsp3) is 0.545. The van der Waals surface area contributed by atoms with Crippen LogP contribution in [0.5, 0.6) is 0 Å². The molecule has 1 saturated heterocycles. The summed E-state index contributed by atoms with van der Waals surface area (Å²) in [5, 5.41) is 3.18. The second-order valence-electron chi connectivity index (χ2n) is 4.22. The Balaban J connectivity index is 2.39. The van der Waals surface area contributed by atoms with Crippen LogP contribution in [0.3, 0.4) is 0 Å². The summed E-state index contributed by atoms with van der Waals surface area (Å²) in [7, 11) is 0. The van der Waals surface area contributed by atoms with Crippen LogP contribution in [0.15, 0.2) is 0 Å². The summed E-state index contributed by atoms with van der Waals surface area (Å²) in [4.78, 5) is 37.9. The van der Waals surface area contributed by atoms with Crippen LogP contribution in [0.1, 0.15) is 20.8 Å². The maximum Gasteiger partial charge on any atom is 0.409 e. The van der Waals surface area contributed by atoms with Gasteiger partial charge in [-0.05, 0) is 13.8 Å². The third-order valence-electron chi connectivity index (χ3n) is 2.12. The fourth-order valence-corrected chi connectivity index (χ4v) is 1.17. The Bertz CT molecular complexity index is 424. The third-order valence-corrected chi connectivity index (χ3v) is 2.12. The number of terminal acetylenes is 1. The highest BCUT2D eigenvalue weighted by atomic mass is 16.7. The van der Waals surface area contributed by atoms with Gasteiger partial charge in [0.05, 0.1) is 6.54 Å². The topological polar surface area (TPSA) is 84.9 Å². The quantitative estimate of drug-likeness (QED) is 0.557. The minimum absolute atomic E-state index is 0.0873. The molecule has 1 atom stereocenters. The zero-order valence-electron chi connectivity index (χ0n) is 10.4. The van der Waals surface area contributed by atoms with Crippen molar-refractivity contribution >= 4 is 18.0 Å².